The monoisotopic (exact) mass is 481 g/mol. The number of aromatic nitrogens is 4. The zero-order valence-electron chi connectivity index (χ0n) is 18.2. The molecule has 2 fully saturated rings. The maximum Gasteiger partial charge on any atom is 0.419 e. The van der Waals surface area contributed by atoms with E-state index in [1.807, 2.05) is 18.5 Å². The highest BCUT2D eigenvalue weighted by atomic mass is 32.2. The molecule has 0 N–H and O–H groups in total. The van der Waals surface area contributed by atoms with Gasteiger partial charge in [0.15, 0.2) is 17.3 Å². The van der Waals surface area contributed by atoms with Gasteiger partial charge in [0.2, 0.25) is 5.82 Å². The lowest BCUT2D eigenvalue weighted by Gasteiger charge is -2.22. The number of hydrogen-bond donors (Lipinski definition) is 0. The van der Waals surface area contributed by atoms with Gasteiger partial charge in [-0.15, -0.1) is 10.2 Å². The van der Waals surface area contributed by atoms with Crippen LogP contribution in [-0.2, 0) is 18.6 Å². The van der Waals surface area contributed by atoms with Gasteiger partial charge in [0.25, 0.3) is 0 Å². The van der Waals surface area contributed by atoms with E-state index >= 15 is 0 Å². The molecule has 1 aliphatic heterocycles. The van der Waals surface area contributed by atoms with Crippen LogP contribution in [0.2, 0.25) is 0 Å². The Labute approximate surface area is 192 Å². The molecule has 1 saturated carbocycles. The minimum absolute atomic E-state index is 0.216. The smallest absolute Gasteiger partial charge is 0.419 e. The van der Waals surface area contributed by atoms with Gasteiger partial charge >= 0.3 is 6.18 Å². The highest BCUT2D eigenvalue weighted by molar-refractivity contribution is 7.99. The Morgan fingerprint density at radius 1 is 1.27 bits per heavy atom. The number of alkyl halides is 3. The van der Waals surface area contributed by atoms with Crippen LogP contribution in [0.5, 0.6) is 0 Å². The van der Waals surface area contributed by atoms with E-state index in [4.69, 9.17) is 4.42 Å². The summed E-state index contributed by atoms with van der Waals surface area (Å²) in [5.41, 5.74) is -0.681. The number of nitrogens with zero attached hydrogens (tertiary/aromatic N) is 5. The topological polar surface area (TPSA) is 60.0 Å². The normalized spacial score (nSPS) is 22.7. The van der Waals surface area contributed by atoms with Crippen LogP contribution in [0.25, 0.3) is 11.6 Å². The second-order valence-electron chi connectivity index (χ2n) is 8.79. The summed E-state index contributed by atoms with van der Waals surface area (Å²) in [5.74, 6) is 1.14. The van der Waals surface area contributed by atoms with Gasteiger partial charge in [-0.3, -0.25) is 0 Å². The first-order valence-electron chi connectivity index (χ1n) is 10.7. The molecule has 0 spiro atoms. The lowest BCUT2D eigenvalue weighted by Crippen LogP contribution is -2.28. The number of hydrogen-bond acceptors (Lipinski definition) is 6. The van der Waals surface area contributed by atoms with E-state index in [2.05, 4.69) is 20.1 Å². The van der Waals surface area contributed by atoms with Crippen LogP contribution < -0.4 is 0 Å². The van der Waals surface area contributed by atoms with Crippen LogP contribution in [0.3, 0.4) is 0 Å². The number of aryl methyl sites for hydroxylation is 1. The Balaban J connectivity index is 1.17. The number of fused-ring (bicyclic) bond motifs is 1. The lowest BCUT2D eigenvalue weighted by molar-refractivity contribution is -0.140. The third-order valence-corrected chi connectivity index (χ3v) is 7.80. The molecule has 0 unspecified atom stereocenters. The minimum Gasteiger partial charge on any atom is -0.440 e. The highest BCUT2D eigenvalue weighted by Gasteiger charge is 2.61. The molecule has 3 heterocycles. The van der Waals surface area contributed by atoms with Gasteiger partial charge in [0.1, 0.15) is 5.82 Å². The van der Waals surface area contributed by atoms with Crippen molar-refractivity contribution in [1.29, 1.82) is 0 Å². The van der Waals surface area contributed by atoms with E-state index < -0.39 is 23.0 Å². The Morgan fingerprint density at radius 3 is 2.82 bits per heavy atom. The van der Waals surface area contributed by atoms with Crippen LogP contribution in [-0.4, -0.2) is 50.0 Å². The number of thioether (sulfide) groups is 1. The molecule has 3 aromatic rings. The van der Waals surface area contributed by atoms with Crippen molar-refractivity contribution < 1.29 is 22.0 Å². The average Bonchev–Trinajstić information content (AvgIpc) is 3.06. The van der Waals surface area contributed by atoms with E-state index in [1.54, 1.807) is 11.8 Å². The summed E-state index contributed by atoms with van der Waals surface area (Å²) < 4.78 is 61.4. The number of rotatable bonds is 7. The van der Waals surface area contributed by atoms with Crippen molar-refractivity contribution in [1.82, 2.24) is 24.6 Å². The summed E-state index contributed by atoms with van der Waals surface area (Å²) >= 11 is 1.58. The van der Waals surface area contributed by atoms with Crippen molar-refractivity contribution in [2.45, 2.75) is 36.5 Å². The molecule has 1 aliphatic carbocycles. The minimum atomic E-state index is -4.68. The molecule has 11 heteroatoms. The van der Waals surface area contributed by atoms with E-state index in [0.717, 1.165) is 48.6 Å². The van der Waals surface area contributed by atoms with Gasteiger partial charge in [-0.1, -0.05) is 23.9 Å². The fourth-order valence-electron chi connectivity index (χ4n) is 4.92. The first-order valence-corrected chi connectivity index (χ1v) is 11.7. The van der Waals surface area contributed by atoms with E-state index in [1.165, 1.54) is 18.5 Å². The third-order valence-electron chi connectivity index (χ3n) is 6.69. The molecular formula is C22H23F4N5OS. The number of benzene rings is 1. The van der Waals surface area contributed by atoms with Crippen LogP contribution in [0, 0.1) is 18.7 Å². The standard InChI is InChI=1S/C22H23F4N5OS/c1-13-18(32-12-27-13)19-28-29-20(30(19)2)33-8-4-7-31-10-14-9-21(14,11-31)15-5-3-6-16(17(15)23)22(24,25)26/h3,5-6,12,14H,4,7-11H2,1-2H3/t14-,21-/m1/s1. The highest BCUT2D eigenvalue weighted by Crippen LogP contribution is 2.60. The van der Waals surface area contributed by atoms with Gasteiger partial charge in [0.05, 0.1) is 11.3 Å². The van der Waals surface area contributed by atoms with Crippen molar-refractivity contribution in [3.63, 3.8) is 0 Å². The van der Waals surface area contributed by atoms with Gasteiger partial charge in [0, 0.05) is 31.3 Å². The molecule has 0 amide bonds. The van der Waals surface area contributed by atoms with Crippen molar-refractivity contribution in [3.8, 4) is 11.6 Å². The quantitative estimate of drug-likeness (QED) is 0.277. The summed E-state index contributed by atoms with van der Waals surface area (Å²) in [6, 6.07) is 3.66. The molecule has 176 valence electrons. The SMILES string of the molecule is Cc1ncoc1-c1nnc(SCCCN2C[C@H]3C[C@@]3(c3cccc(C(F)(F)F)c3F)C2)n1C. The molecule has 0 radical (unpaired) electrons. The van der Waals surface area contributed by atoms with Crippen LogP contribution >= 0.6 is 11.8 Å². The Bertz CT molecular complexity index is 1180. The number of oxazole rings is 1. The van der Waals surface area contributed by atoms with Crippen LogP contribution in [0.15, 0.2) is 34.2 Å². The van der Waals surface area contributed by atoms with Crippen molar-refractivity contribution in [2.24, 2.45) is 13.0 Å². The Hall–Kier alpha value is -2.40. The molecule has 2 aromatic heterocycles. The number of halogens is 4. The second-order valence-corrected chi connectivity index (χ2v) is 9.85. The molecule has 5 rings (SSSR count). The maximum atomic E-state index is 14.7. The zero-order valence-corrected chi connectivity index (χ0v) is 19.0. The zero-order chi connectivity index (χ0) is 23.4. The van der Waals surface area contributed by atoms with E-state index in [-0.39, 0.29) is 11.5 Å². The second kappa shape index (κ2) is 8.12. The lowest BCUT2D eigenvalue weighted by atomic mass is 9.92. The van der Waals surface area contributed by atoms with Crippen molar-refractivity contribution >= 4 is 11.8 Å². The fourth-order valence-corrected chi connectivity index (χ4v) is 5.75. The van der Waals surface area contributed by atoms with Crippen LogP contribution in [0.1, 0.15) is 29.7 Å². The molecule has 1 aromatic carbocycles. The average molecular weight is 482 g/mol. The summed E-state index contributed by atoms with van der Waals surface area (Å²) in [6.07, 6.45) is -1.67. The predicted octanol–water partition coefficient (Wildman–Crippen LogP) is 4.69. The molecule has 2 aliphatic rings. The largest absolute Gasteiger partial charge is 0.440 e. The summed E-state index contributed by atoms with van der Waals surface area (Å²) in [6.45, 7) is 4.04. The first kappa shape index (κ1) is 22.4. The molecule has 6 nitrogen and oxygen atoms in total. The first-order chi connectivity index (χ1) is 15.7. The van der Waals surface area contributed by atoms with Crippen molar-refractivity contribution in [3.05, 3.63) is 47.2 Å². The van der Waals surface area contributed by atoms with Gasteiger partial charge in [-0.2, -0.15) is 13.2 Å². The van der Waals surface area contributed by atoms with Gasteiger partial charge in [-0.25, -0.2) is 9.37 Å². The van der Waals surface area contributed by atoms with E-state index in [0.29, 0.717) is 18.1 Å². The van der Waals surface area contributed by atoms with Gasteiger partial charge < -0.3 is 13.9 Å². The molecular weight excluding hydrogens is 458 g/mol. The summed E-state index contributed by atoms with van der Waals surface area (Å²) in [5, 5.41) is 9.20. The number of likely N-dealkylation sites (tertiary alicyclic amines) is 1. The molecule has 2 atom stereocenters. The number of piperidine rings is 1. The predicted molar refractivity (Wildman–Crippen MR) is 114 cm³/mol. The molecule has 1 saturated heterocycles. The van der Waals surface area contributed by atoms with Crippen LogP contribution in [0.4, 0.5) is 17.6 Å². The summed E-state index contributed by atoms with van der Waals surface area (Å²) in [7, 11) is 1.88. The third kappa shape index (κ3) is 3.95. The van der Waals surface area contributed by atoms with Crippen molar-refractivity contribution in [2.75, 3.05) is 25.4 Å². The van der Waals surface area contributed by atoms with E-state index in [9.17, 15) is 17.6 Å². The summed E-state index contributed by atoms with van der Waals surface area (Å²) in [4.78, 5) is 6.31. The molecule has 0 bridgehead atoms. The van der Waals surface area contributed by atoms with Gasteiger partial charge in [-0.05, 0) is 43.9 Å². The molecule has 33 heavy (non-hydrogen) atoms. The Morgan fingerprint density at radius 2 is 2.09 bits per heavy atom. The maximum absolute atomic E-state index is 14.7. The Kier molecular flexibility index (Phi) is 5.51. The fraction of sp³-hybridized carbons (Fsp3) is 0.500.